The molecule has 9 nitrogen and oxygen atoms in total. The number of benzene rings is 1. The van der Waals surface area contributed by atoms with Crippen LogP contribution in [0.1, 0.15) is 38.7 Å². The van der Waals surface area contributed by atoms with Crippen LogP contribution in [-0.4, -0.2) is 80.7 Å². The van der Waals surface area contributed by atoms with E-state index in [1.807, 2.05) is 11.8 Å². The maximum atomic E-state index is 12.9. The van der Waals surface area contributed by atoms with E-state index in [1.54, 1.807) is 34.9 Å². The smallest absolute Gasteiger partial charge is 0.409 e. The van der Waals surface area contributed by atoms with Gasteiger partial charge in [0.2, 0.25) is 11.8 Å². The molecule has 2 fully saturated rings. The molecule has 10 heteroatoms. The highest BCUT2D eigenvalue weighted by Crippen LogP contribution is 2.39. The van der Waals surface area contributed by atoms with Gasteiger partial charge in [-0.1, -0.05) is 0 Å². The average Bonchev–Trinajstić information content (AvgIpc) is 3.59. The van der Waals surface area contributed by atoms with Crippen molar-refractivity contribution in [2.24, 2.45) is 5.92 Å². The fraction of sp³-hybridized carbons (Fsp3) is 0.609. The molecule has 4 rings (SSSR count). The molecule has 0 spiro atoms. The Labute approximate surface area is 194 Å². The summed E-state index contributed by atoms with van der Waals surface area (Å²) in [5.41, 5.74) is 1.66. The third-order valence-electron chi connectivity index (χ3n) is 6.53. The first kappa shape index (κ1) is 23.5. The summed E-state index contributed by atoms with van der Waals surface area (Å²) < 4.78 is 30.8. The van der Waals surface area contributed by atoms with Gasteiger partial charge in [0.25, 0.3) is 0 Å². The van der Waals surface area contributed by atoms with Crippen molar-refractivity contribution in [1.29, 1.82) is 0 Å². The fourth-order valence-corrected chi connectivity index (χ4v) is 5.79. The van der Waals surface area contributed by atoms with Crippen LogP contribution in [-0.2, 0) is 30.6 Å². The van der Waals surface area contributed by atoms with Crippen LogP contribution in [0.15, 0.2) is 23.1 Å². The lowest BCUT2D eigenvalue weighted by Crippen LogP contribution is -2.50. The summed E-state index contributed by atoms with van der Waals surface area (Å²) in [5.74, 6) is -0.279. The van der Waals surface area contributed by atoms with Gasteiger partial charge >= 0.3 is 6.09 Å². The van der Waals surface area contributed by atoms with Gasteiger partial charge in [0.15, 0.2) is 9.84 Å². The maximum absolute atomic E-state index is 12.9. The van der Waals surface area contributed by atoms with Crippen molar-refractivity contribution in [3.05, 3.63) is 23.8 Å². The summed E-state index contributed by atoms with van der Waals surface area (Å²) in [6, 6.07) is 4.94. The van der Waals surface area contributed by atoms with E-state index in [-0.39, 0.29) is 40.8 Å². The number of hydrogen-bond donors (Lipinski definition) is 0. The number of carbonyl (C=O) groups excluding carboxylic acids is 3. The van der Waals surface area contributed by atoms with Crippen LogP contribution in [0.4, 0.5) is 10.5 Å². The van der Waals surface area contributed by atoms with E-state index in [4.69, 9.17) is 4.74 Å². The highest BCUT2D eigenvalue weighted by Gasteiger charge is 2.39. The van der Waals surface area contributed by atoms with Crippen LogP contribution in [0, 0.1) is 5.92 Å². The van der Waals surface area contributed by atoms with Gasteiger partial charge in [-0.2, -0.15) is 0 Å². The molecule has 0 aromatic heterocycles. The molecule has 180 valence electrons. The van der Waals surface area contributed by atoms with Gasteiger partial charge in [-0.25, -0.2) is 13.2 Å². The van der Waals surface area contributed by atoms with Crippen molar-refractivity contribution >= 4 is 33.4 Å². The Morgan fingerprint density at radius 3 is 2.36 bits per heavy atom. The average molecular weight is 478 g/mol. The summed E-state index contributed by atoms with van der Waals surface area (Å²) in [7, 11) is -3.64. The Morgan fingerprint density at radius 2 is 1.73 bits per heavy atom. The second-order valence-electron chi connectivity index (χ2n) is 8.96. The maximum Gasteiger partial charge on any atom is 0.409 e. The molecular formula is C23H31N3O6S. The lowest BCUT2D eigenvalue weighted by molar-refractivity contribution is -0.132. The molecule has 1 saturated carbocycles. The molecule has 2 aliphatic heterocycles. The first-order valence-corrected chi connectivity index (χ1v) is 13.2. The number of hydrogen-bond acceptors (Lipinski definition) is 6. The van der Waals surface area contributed by atoms with Crippen LogP contribution in [0.3, 0.4) is 0 Å². The molecule has 0 N–H and O–H groups in total. The van der Waals surface area contributed by atoms with E-state index in [2.05, 4.69) is 0 Å². The minimum atomic E-state index is -3.64. The number of fused-ring (bicyclic) bond motifs is 1. The van der Waals surface area contributed by atoms with Gasteiger partial charge in [0.05, 0.1) is 17.3 Å². The Kier molecular flexibility index (Phi) is 6.65. The highest BCUT2D eigenvalue weighted by molar-refractivity contribution is 7.91. The first-order chi connectivity index (χ1) is 15.7. The third-order valence-corrected chi connectivity index (χ3v) is 8.25. The fourth-order valence-electron chi connectivity index (χ4n) is 4.51. The lowest BCUT2D eigenvalue weighted by Gasteiger charge is -2.34. The number of amides is 3. The summed E-state index contributed by atoms with van der Waals surface area (Å²) in [4.78, 5) is 42.1. The summed E-state index contributed by atoms with van der Waals surface area (Å²) >= 11 is 0. The summed E-state index contributed by atoms with van der Waals surface area (Å²) in [5, 5.41) is 0. The molecule has 1 aromatic rings. The zero-order valence-electron chi connectivity index (χ0n) is 19.2. The van der Waals surface area contributed by atoms with Gasteiger partial charge in [0.1, 0.15) is 0 Å². The molecule has 1 aromatic carbocycles. The molecule has 3 aliphatic rings. The minimum Gasteiger partial charge on any atom is -0.450 e. The highest BCUT2D eigenvalue weighted by atomic mass is 32.2. The normalized spacial score (nSPS) is 20.5. The number of carbonyl (C=O) groups is 3. The third kappa shape index (κ3) is 5.00. The number of anilines is 1. The largest absolute Gasteiger partial charge is 0.450 e. The second kappa shape index (κ2) is 9.32. The molecule has 0 bridgehead atoms. The Morgan fingerprint density at radius 1 is 1.06 bits per heavy atom. The van der Waals surface area contributed by atoms with Crippen molar-refractivity contribution in [1.82, 2.24) is 9.80 Å². The lowest BCUT2D eigenvalue weighted by atomic mass is 10.1. The molecule has 0 radical (unpaired) electrons. The number of ether oxygens (including phenoxy) is 1. The van der Waals surface area contributed by atoms with Crippen LogP contribution >= 0.6 is 0 Å². The second-order valence-corrected chi connectivity index (χ2v) is 11.1. The molecule has 1 aliphatic carbocycles. The molecule has 33 heavy (non-hydrogen) atoms. The van der Waals surface area contributed by atoms with E-state index in [0.29, 0.717) is 39.2 Å². The van der Waals surface area contributed by atoms with Crippen LogP contribution in [0.2, 0.25) is 0 Å². The number of rotatable bonds is 6. The van der Waals surface area contributed by atoms with Gasteiger partial charge in [-0.05, 0) is 56.9 Å². The quantitative estimate of drug-likeness (QED) is 0.619. The van der Waals surface area contributed by atoms with Gasteiger partial charge in [-0.3, -0.25) is 9.59 Å². The Bertz CT molecular complexity index is 1040. The van der Waals surface area contributed by atoms with E-state index < -0.39 is 15.9 Å². The minimum absolute atomic E-state index is 0.0147. The Hall–Kier alpha value is -2.62. The predicted octanol–water partition coefficient (Wildman–Crippen LogP) is 1.84. The van der Waals surface area contributed by atoms with E-state index in [9.17, 15) is 22.8 Å². The molecule has 1 atom stereocenters. The zero-order valence-corrected chi connectivity index (χ0v) is 20.0. The van der Waals surface area contributed by atoms with E-state index in [1.165, 1.54) is 0 Å². The molecule has 1 saturated heterocycles. The number of nitrogens with zero attached hydrogens (tertiary/aromatic N) is 3. The molecule has 0 unspecified atom stereocenters. The molecule has 2 heterocycles. The standard InChI is InChI=1S/C23H31N3O6S/c1-3-32-23(29)25-11-9-24(10-12-25)21(27)8-13-33(30,31)19-6-7-20-18(15-19)14-16(2)26(20)22(28)17-4-5-17/h6-7,15-17H,3-5,8-14H2,1-2H3/t16-/m0/s1. The summed E-state index contributed by atoms with van der Waals surface area (Å²) in [6.45, 7) is 5.48. The monoisotopic (exact) mass is 477 g/mol. The van der Waals surface area contributed by atoms with Crippen molar-refractivity contribution in [3.63, 3.8) is 0 Å². The van der Waals surface area contributed by atoms with Crippen molar-refractivity contribution < 1.29 is 27.5 Å². The number of piperazine rings is 1. The van der Waals surface area contributed by atoms with Gasteiger partial charge in [-0.15, -0.1) is 0 Å². The Balaban J connectivity index is 1.35. The van der Waals surface area contributed by atoms with Crippen LogP contribution in [0.25, 0.3) is 0 Å². The van der Waals surface area contributed by atoms with E-state index in [0.717, 1.165) is 24.1 Å². The van der Waals surface area contributed by atoms with Crippen molar-refractivity contribution in [2.45, 2.75) is 50.5 Å². The topological polar surface area (TPSA) is 104 Å². The van der Waals surface area contributed by atoms with Crippen molar-refractivity contribution in [3.8, 4) is 0 Å². The van der Waals surface area contributed by atoms with Crippen LogP contribution in [0.5, 0.6) is 0 Å². The summed E-state index contributed by atoms with van der Waals surface area (Å²) in [6.07, 6.45) is 1.98. The van der Waals surface area contributed by atoms with Crippen molar-refractivity contribution in [2.75, 3.05) is 43.4 Å². The SMILES string of the molecule is CCOC(=O)N1CCN(C(=O)CCS(=O)(=O)c2ccc3c(c2)C[C@H](C)N3C(=O)C2CC2)CC1. The molecule has 3 amide bonds. The van der Waals surface area contributed by atoms with Gasteiger partial charge in [0, 0.05) is 50.2 Å². The number of sulfone groups is 1. The van der Waals surface area contributed by atoms with E-state index >= 15 is 0 Å². The molecular weight excluding hydrogens is 446 g/mol. The van der Waals surface area contributed by atoms with Gasteiger partial charge < -0.3 is 19.4 Å². The van der Waals surface area contributed by atoms with Crippen LogP contribution < -0.4 is 4.90 Å². The predicted molar refractivity (Wildman–Crippen MR) is 122 cm³/mol. The first-order valence-electron chi connectivity index (χ1n) is 11.6. The zero-order chi connectivity index (χ0) is 23.8.